The average Bonchev–Trinajstić information content (AvgIpc) is 0.867. The molecule has 0 N–H and O–H groups in total. The molecule has 4 atom stereocenters. The summed E-state index contributed by atoms with van der Waals surface area (Å²) in [5, 5.41) is 0. The van der Waals surface area contributed by atoms with Gasteiger partial charge in [-0.2, -0.15) is 0 Å². The van der Waals surface area contributed by atoms with Gasteiger partial charge in [0.15, 0.2) is 0 Å². The molecule has 0 aliphatic carbocycles. The first-order valence-corrected chi connectivity index (χ1v) is 52.8. The molecule has 126 heavy (non-hydrogen) atoms. The van der Waals surface area contributed by atoms with Crippen LogP contribution in [-0.2, 0) is 25.7 Å². The zero-order chi connectivity index (χ0) is 90.0. The van der Waals surface area contributed by atoms with E-state index in [9.17, 15) is 0 Å². The number of aryl methyl sites for hydroxylation is 4. The van der Waals surface area contributed by atoms with Gasteiger partial charge in [0, 0.05) is 69.8 Å². The van der Waals surface area contributed by atoms with E-state index >= 15 is 0 Å². The molecule has 0 saturated carbocycles. The van der Waals surface area contributed by atoms with Crippen LogP contribution in [0, 0.1) is 0 Å². The van der Waals surface area contributed by atoms with Crippen molar-refractivity contribution in [2.24, 2.45) is 0 Å². The van der Waals surface area contributed by atoms with Gasteiger partial charge in [-0.1, -0.05) is 398 Å². The fourth-order valence-electron chi connectivity index (χ4n) is 16.6. The fraction of sp³-hybridized carbons (Fsp3) is 0.627. The normalized spacial score (nSPS) is 12.1. The Morgan fingerprint density at radius 2 is 0.310 bits per heavy atom. The monoisotopic (exact) mass is 1720 g/mol. The lowest BCUT2D eigenvalue weighted by Crippen LogP contribution is -2.11. The molecular weight excluding hydrogens is 1540 g/mol. The maximum atomic E-state index is 6.09. The van der Waals surface area contributed by atoms with Gasteiger partial charge >= 0.3 is 0 Å². The molecule has 4 heterocycles. The van der Waals surface area contributed by atoms with Gasteiger partial charge in [0.25, 0.3) is 0 Å². The predicted octanol–water partition coefficient (Wildman–Crippen LogP) is 37.5. The zero-order valence-corrected chi connectivity index (χ0v) is 82.9. The number of benzene rings is 4. The van der Waals surface area contributed by atoms with E-state index in [1.165, 1.54) is 388 Å². The van der Waals surface area contributed by atoms with Crippen LogP contribution in [0.5, 0.6) is 23.0 Å². The van der Waals surface area contributed by atoms with Crippen molar-refractivity contribution in [2.75, 3.05) is 0 Å². The molecule has 0 bridgehead atoms. The largest absolute Gasteiger partial charge is 0.491 e. The second kappa shape index (κ2) is 74.5. The summed E-state index contributed by atoms with van der Waals surface area (Å²) >= 11 is 0. The van der Waals surface area contributed by atoms with E-state index < -0.39 is 0 Å². The van der Waals surface area contributed by atoms with Crippen LogP contribution in [0.15, 0.2) is 170 Å². The van der Waals surface area contributed by atoms with Crippen molar-refractivity contribution in [3.8, 4) is 67.5 Å². The van der Waals surface area contributed by atoms with Crippen molar-refractivity contribution < 1.29 is 18.9 Å². The number of pyridine rings is 4. The van der Waals surface area contributed by atoms with Gasteiger partial charge in [-0.05, 0) is 225 Å². The number of aromatic nitrogens is 4. The summed E-state index contributed by atoms with van der Waals surface area (Å²) in [6, 6.07) is 51.5. The van der Waals surface area contributed by atoms with Gasteiger partial charge < -0.3 is 18.9 Å². The van der Waals surface area contributed by atoms with Crippen molar-refractivity contribution in [2.45, 2.75) is 480 Å². The van der Waals surface area contributed by atoms with Crippen molar-refractivity contribution in [3.05, 3.63) is 193 Å². The number of hydrogen-bond donors (Lipinski definition) is 0. The summed E-state index contributed by atoms with van der Waals surface area (Å²) in [5.41, 5.74) is 14.4. The smallest absolute Gasteiger partial charge is 0.119 e. The van der Waals surface area contributed by atoms with Crippen molar-refractivity contribution in [1.29, 1.82) is 0 Å². The average molecular weight is 1720 g/mol. The number of ether oxygens (including phenoxy) is 4. The highest BCUT2D eigenvalue weighted by atomic mass is 16.5. The van der Waals surface area contributed by atoms with Crippen molar-refractivity contribution >= 4 is 0 Å². The molecule has 0 aliphatic rings. The van der Waals surface area contributed by atoms with Gasteiger partial charge in [-0.3, -0.25) is 19.9 Å². The Morgan fingerprint density at radius 3 is 0.460 bits per heavy atom. The molecule has 0 radical (unpaired) electrons. The molecule has 0 aliphatic heterocycles. The Labute approximate surface area is 774 Å². The van der Waals surface area contributed by atoms with E-state index in [4.69, 9.17) is 38.9 Å². The molecule has 8 rings (SSSR count). The molecule has 700 valence electrons. The molecule has 0 saturated heterocycles. The summed E-state index contributed by atoms with van der Waals surface area (Å²) in [4.78, 5) is 18.8. The molecule has 4 aromatic carbocycles. The molecule has 8 aromatic rings. The van der Waals surface area contributed by atoms with Gasteiger partial charge in [0.05, 0.1) is 24.4 Å². The van der Waals surface area contributed by atoms with Crippen LogP contribution in [-0.4, -0.2) is 44.4 Å². The molecule has 0 fully saturated rings. The van der Waals surface area contributed by atoms with Crippen LogP contribution in [0.2, 0.25) is 0 Å². The first kappa shape index (κ1) is 109. The van der Waals surface area contributed by atoms with Crippen LogP contribution >= 0.6 is 0 Å². The molecule has 0 unspecified atom stereocenters. The molecule has 0 spiro atoms. The summed E-state index contributed by atoms with van der Waals surface area (Å²) in [6.45, 7) is 26.8. The summed E-state index contributed by atoms with van der Waals surface area (Å²) in [5.74, 6) is 3.86. The lowest BCUT2D eigenvalue weighted by Gasteiger charge is -2.15. The number of nitrogens with zero attached hydrogens (tertiary/aromatic N) is 4. The second-order valence-corrected chi connectivity index (χ2v) is 37.0. The topological polar surface area (TPSA) is 88.5 Å². The van der Waals surface area contributed by atoms with E-state index in [1.807, 2.05) is 24.8 Å². The van der Waals surface area contributed by atoms with E-state index in [0.717, 1.165) is 74.4 Å². The minimum absolute atomic E-state index is 0.277. The summed E-state index contributed by atoms with van der Waals surface area (Å²) in [6.07, 6.45) is 85.2. The predicted molar refractivity (Wildman–Crippen MR) is 549 cm³/mol. The lowest BCUT2D eigenvalue weighted by molar-refractivity contribution is 0.206. The first-order valence-electron chi connectivity index (χ1n) is 52.8. The highest BCUT2D eigenvalue weighted by molar-refractivity contribution is 5.66. The Hall–Kier alpha value is -7.32. The maximum absolute atomic E-state index is 6.09. The Balaban J connectivity index is 0.000000298. The number of rotatable bonds is 70. The van der Waals surface area contributed by atoms with E-state index in [-0.39, 0.29) is 24.4 Å². The van der Waals surface area contributed by atoms with Gasteiger partial charge in [0.1, 0.15) is 23.0 Å². The van der Waals surface area contributed by atoms with Crippen LogP contribution in [0.4, 0.5) is 0 Å². The van der Waals surface area contributed by atoms with Gasteiger partial charge in [0.2, 0.25) is 0 Å². The van der Waals surface area contributed by atoms with E-state index in [0.29, 0.717) is 0 Å². The molecule has 8 heteroatoms. The van der Waals surface area contributed by atoms with Crippen LogP contribution in [0.25, 0.3) is 44.5 Å². The van der Waals surface area contributed by atoms with Gasteiger partial charge in [-0.15, -0.1) is 0 Å². The van der Waals surface area contributed by atoms with Gasteiger partial charge in [-0.25, -0.2) is 0 Å². The quantitative estimate of drug-likeness (QED) is 0.0348. The standard InChI is InChI=1S/C31H49NO.C30H47NO.C29H45NO.C28H43NO/c1-4-6-8-10-11-12-13-14-15-17-19-30-23-20-29(26-32-30)28-21-24-31(25-22-28)33-27(3)18-16-9-7-5-2;1-4-6-8-10-11-12-13-14-16-18-29-22-19-28(25-31-29)27-20-23-30(24-21-27)32-26(3)17-15-9-7-5-2;1-4-6-8-10-11-12-13-15-17-28-21-18-27(24-30-28)26-19-22-29(23-20-26)31-25(3)16-14-9-7-5-2;1-4-6-8-10-11-12-14-16-27-20-17-26(23-29-27)25-18-21-28(22-19-25)30-24(3)15-13-9-7-5-2/h20-27H,4-19H2,1-3H3;19-26H,4-18H2,1-3H3;18-25H,4-17H2,1-3H3;17-24H,4-16H2,1-3H3/t27-;26-;25-;24-/m1111/s1. The zero-order valence-electron chi connectivity index (χ0n) is 82.9. The van der Waals surface area contributed by atoms with Crippen LogP contribution in [0.1, 0.15) is 453 Å². The SMILES string of the molecule is CCCCCCCCCCCCc1ccc(-c2ccc(O[C@H](C)CCCCCC)cc2)cn1.CCCCCCCCCCCc1ccc(-c2ccc(O[C@H](C)CCCCCC)cc2)cn1.CCCCCCCCCCc1ccc(-c2ccc(O[C@H](C)CCCCCC)cc2)cn1.CCCCCCCCCc1ccc(-c2ccc(O[C@H](C)CCCCCC)cc2)cn1. The summed E-state index contributed by atoms with van der Waals surface area (Å²) in [7, 11) is 0. The number of unbranched alkanes of at least 4 members (excludes halogenated alkanes) is 42. The molecule has 0 amide bonds. The summed E-state index contributed by atoms with van der Waals surface area (Å²) < 4.78 is 24.3. The third kappa shape index (κ3) is 53.6. The highest BCUT2D eigenvalue weighted by Crippen LogP contribution is 2.30. The first-order chi connectivity index (χ1) is 61.9. The Kier molecular flexibility index (Phi) is 64.5. The minimum Gasteiger partial charge on any atom is -0.491 e. The Morgan fingerprint density at radius 1 is 0.167 bits per heavy atom. The van der Waals surface area contributed by atoms with Crippen LogP contribution in [0.3, 0.4) is 0 Å². The minimum atomic E-state index is 0.277. The third-order valence-corrected chi connectivity index (χ3v) is 24.9. The maximum Gasteiger partial charge on any atom is 0.119 e. The fourth-order valence-corrected chi connectivity index (χ4v) is 16.6. The van der Waals surface area contributed by atoms with E-state index in [2.05, 4.69) is 229 Å². The number of hydrogen-bond acceptors (Lipinski definition) is 8. The van der Waals surface area contributed by atoms with E-state index in [1.54, 1.807) is 0 Å². The second-order valence-electron chi connectivity index (χ2n) is 37.0. The highest BCUT2D eigenvalue weighted by Gasteiger charge is 2.13. The van der Waals surface area contributed by atoms with Crippen molar-refractivity contribution in [1.82, 2.24) is 19.9 Å². The van der Waals surface area contributed by atoms with Crippen molar-refractivity contribution in [3.63, 3.8) is 0 Å². The Bertz CT molecular complexity index is 3730. The molecule has 8 nitrogen and oxygen atoms in total. The van der Waals surface area contributed by atoms with Crippen LogP contribution < -0.4 is 18.9 Å². The third-order valence-electron chi connectivity index (χ3n) is 24.9. The molecular formula is C118H184N4O4. The lowest BCUT2D eigenvalue weighted by atomic mass is 10.0. The molecule has 4 aromatic heterocycles.